The molecule has 0 aliphatic carbocycles. The molecule has 1 aromatic rings. The van der Waals surface area contributed by atoms with Crippen molar-refractivity contribution in [1.82, 2.24) is 0 Å². The number of hydrogen-bond acceptors (Lipinski definition) is 8. The van der Waals surface area contributed by atoms with Gasteiger partial charge < -0.3 is 30.0 Å². The Labute approximate surface area is 161 Å². The Morgan fingerprint density at radius 1 is 1.14 bits per heavy atom. The fourth-order valence-electron chi connectivity index (χ4n) is 3.54. The van der Waals surface area contributed by atoms with E-state index in [0.717, 1.165) is 7.11 Å². The third-order valence-electron chi connectivity index (χ3n) is 4.65. The number of para-hydroxylation sites is 1. The maximum atomic E-state index is 13.2. The van der Waals surface area contributed by atoms with Crippen LogP contribution in [0.25, 0.3) is 0 Å². The molecule has 9 nitrogen and oxygen atoms in total. The van der Waals surface area contributed by atoms with Gasteiger partial charge in [-0.15, -0.1) is 0 Å². The van der Waals surface area contributed by atoms with Crippen LogP contribution in [0.15, 0.2) is 47.1 Å². The van der Waals surface area contributed by atoms with Crippen molar-refractivity contribution in [2.75, 3.05) is 32.8 Å². The second kappa shape index (κ2) is 7.35. The molecule has 2 aliphatic heterocycles. The number of hydrogen-bond donors (Lipinski definition) is 2. The lowest BCUT2D eigenvalue weighted by Crippen LogP contribution is -2.48. The molecular formula is C19H20N2O7. The number of anilines is 1. The lowest BCUT2D eigenvalue weighted by atomic mass is 9.67. The second-order valence-electron chi connectivity index (χ2n) is 6.14. The van der Waals surface area contributed by atoms with E-state index in [1.54, 1.807) is 24.3 Å². The van der Waals surface area contributed by atoms with E-state index in [9.17, 15) is 14.4 Å². The van der Waals surface area contributed by atoms with Gasteiger partial charge in [-0.1, -0.05) is 18.2 Å². The van der Waals surface area contributed by atoms with Gasteiger partial charge in [0.2, 0.25) is 11.8 Å². The second-order valence-corrected chi connectivity index (χ2v) is 6.14. The minimum Gasteiger partial charge on any atom is -0.465 e. The highest BCUT2D eigenvalue weighted by atomic mass is 16.6. The van der Waals surface area contributed by atoms with E-state index < -0.39 is 23.3 Å². The van der Waals surface area contributed by atoms with Gasteiger partial charge in [0.25, 0.3) is 0 Å². The monoisotopic (exact) mass is 388 g/mol. The number of allylic oxidation sites excluding steroid dienone is 1. The molecule has 28 heavy (non-hydrogen) atoms. The highest BCUT2D eigenvalue weighted by molar-refractivity contribution is 6.21. The number of ether oxygens (including phenoxy) is 4. The lowest BCUT2D eigenvalue weighted by molar-refractivity contribution is -0.143. The predicted molar refractivity (Wildman–Crippen MR) is 96.6 cm³/mol. The topological polar surface area (TPSA) is 126 Å². The van der Waals surface area contributed by atoms with Crippen molar-refractivity contribution < 1.29 is 33.3 Å². The van der Waals surface area contributed by atoms with Gasteiger partial charge in [-0.25, -0.2) is 9.59 Å². The van der Waals surface area contributed by atoms with Crippen LogP contribution >= 0.6 is 0 Å². The average molecular weight is 388 g/mol. The smallest absolute Gasteiger partial charge is 0.340 e. The summed E-state index contributed by atoms with van der Waals surface area (Å²) in [5.74, 6) is -2.60. The number of benzene rings is 1. The Morgan fingerprint density at radius 3 is 2.54 bits per heavy atom. The Bertz CT molecular complexity index is 919. The zero-order chi connectivity index (χ0) is 20.5. The zero-order valence-electron chi connectivity index (χ0n) is 15.7. The van der Waals surface area contributed by atoms with Crippen molar-refractivity contribution in [2.24, 2.45) is 5.73 Å². The summed E-state index contributed by atoms with van der Waals surface area (Å²) in [5, 5.41) is 2.70. The van der Waals surface area contributed by atoms with Crippen LogP contribution in [0.3, 0.4) is 0 Å². The van der Waals surface area contributed by atoms with E-state index in [0.29, 0.717) is 11.3 Å². The van der Waals surface area contributed by atoms with Crippen LogP contribution in [0.2, 0.25) is 0 Å². The lowest BCUT2D eigenvalue weighted by Gasteiger charge is -2.35. The normalized spacial score (nSPS) is 20.6. The molecule has 2 heterocycles. The highest BCUT2D eigenvalue weighted by Crippen LogP contribution is 2.52. The summed E-state index contributed by atoms with van der Waals surface area (Å²) in [6.45, 7) is 1.60. The molecule has 0 radical (unpaired) electrons. The molecule has 0 fully saturated rings. The quantitative estimate of drug-likeness (QED) is 0.558. The van der Waals surface area contributed by atoms with Gasteiger partial charge in [-0.3, -0.25) is 4.79 Å². The maximum Gasteiger partial charge on any atom is 0.340 e. The van der Waals surface area contributed by atoms with Crippen molar-refractivity contribution in [3.63, 3.8) is 0 Å². The minimum absolute atomic E-state index is 0.0434. The van der Waals surface area contributed by atoms with Gasteiger partial charge in [0.1, 0.15) is 28.9 Å². The Kier molecular flexibility index (Phi) is 5.10. The molecule has 0 aromatic heterocycles. The van der Waals surface area contributed by atoms with Gasteiger partial charge in [0.15, 0.2) is 0 Å². The summed E-state index contributed by atoms with van der Waals surface area (Å²) in [4.78, 5) is 38.8. The van der Waals surface area contributed by atoms with Gasteiger partial charge >= 0.3 is 11.9 Å². The van der Waals surface area contributed by atoms with E-state index in [-0.39, 0.29) is 36.0 Å². The number of carbonyl (C=O) groups excluding carboxylic acids is 3. The fraction of sp³-hybridized carbons (Fsp3) is 0.316. The average Bonchev–Trinajstić information content (AvgIpc) is 2.94. The van der Waals surface area contributed by atoms with Crippen LogP contribution in [0.1, 0.15) is 12.5 Å². The number of esters is 2. The van der Waals surface area contributed by atoms with Crippen LogP contribution in [0, 0.1) is 0 Å². The first-order valence-corrected chi connectivity index (χ1v) is 8.44. The third kappa shape index (κ3) is 2.71. The molecule has 0 bridgehead atoms. The minimum atomic E-state index is -1.85. The summed E-state index contributed by atoms with van der Waals surface area (Å²) in [6.07, 6.45) is 0. The van der Waals surface area contributed by atoms with Crippen LogP contribution in [-0.2, 0) is 38.7 Å². The Balaban J connectivity index is 2.27. The highest BCUT2D eigenvalue weighted by Gasteiger charge is 2.61. The van der Waals surface area contributed by atoms with Crippen molar-refractivity contribution >= 4 is 23.5 Å². The molecule has 1 spiro atoms. The number of nitrogens with two attached hydrogens (primary N) is 1. The van der Waals surface area contributed by atoms with Crippen molar-refractivity contribution in [3.05, 3.63) is 52.6 Å². The summed E-state index contributed by atoms with van der Waals surface area (Å²) >= 11 is 0. The summed E-state index contributed by atoms with van der Waals surface area (Å²) in [5.41, 5.74) is 4.54. The van der Waals surface area contributed by atoms with Crippen LogP contribution in [-0.4, -0.2) is 45.3 Å². The van der Waals surface area contributed by atoms with Gasteiger partial charge in [-0.05, 0) is 13.0 Å². The number of fused-ring (bicyclic) bond motifs is 2. The van der Waals surface area contributed by atoms with E-state index in [2.05, 4.69) is 5.32 Å². The molecule has 1 amide bonds. The van der Waals surface area contributed by atoms with Crippen LogP contribution in [0.5, 0.6) is 0 Å². The molecule has 3 N–H and O–H groups in total. The molecule has 0 saturated carbocycles. The maximum absolute atomic E-state index is 13.2. The molecule has 148 valence electrons. The number of nitrogens with one attached hydrogen (secondary N) is 1. The molecule has 1 atom stereocenters. The number of methoxy groups -OCH3 is 2. The standard InChI is InChI=1S/C19H20N2O7/c1-10-13(17(23)27-9-8-25-2)19(14(15(20)28-10)16(22)26-3)11-6-4-5-7-12(11)21-18(19)24/h4-7H,8-9,20H2,1-3H3,(H,21,24)/t19-/m0/s1. The molecule has 0 unspecified atom stereocenters. The van der Waals surface area contributed by atoms with Gasteiger partial charge in [0.05, 0.1) is 13.7 Å². The van der Waals surface area contributed by atoms with Crippen LogP contribution in [0.4, 0.5) is 5.69 Å². The molecule has 2 aliphatic rings. The SMILES string of the molecule is COCCOC(=O)C1=C(C)OC(N)=C(C(=O)OC)[C@@]12C(=O)Nc1ccccc12. The first-order valence-electron chi connectivity index (χ1n) is 8.44. The molecule has 1 aromatic carbocycles. The molecule has 9 heteroatoms. The molecule has 0 saturated heterocycles. The van der Waals surface area contributed by atoms with Gasteiger partial charge in [0, 0.05) is 18.4 Å². The van der Waals surface area contributed by atoms with Crippen molar-refractivity contribution in [2.45, 2.75) is 12.3 Å². The van der Waals surface area contributed by atoms with Crippen molar-refractivity contribution in [3.8, 4) is 0 Å². The number of amides is 1. The van der Waals surface area contributed by atoms with E-state index >= 15 is 0 Å². The molecular weight excluding hydrogens is 368 g/mol. The number of carbonyl (C=O) groups is 3. The van der Waals surface area contributed by atoms with E-state index in [4.69, 9.17) is 24.7 Å². The summed E-state index contributed by atoms with van der Waals surface area (Å²) in [6, 6.07) is 6.69. The van der Waals surface area contributed by atoms with E-state index in [1.807, 2.05) is 0 Å². The van der Waals surface area contributed by atoms with Crippen molar-refractivity contribution in [1.29, 1.82) is 0 Å². The van der Waals surface area contributed by atoms with E-state index in [1.165, 1.54) is 14.0 Å². The van der Waals surface area contributed by atoms with Gasteiger partial charge in [-0.2, -0.15) is 0 Å². The Morgan fingerprint density at radius 2 is 1.86 bits per heavy atom. The summed E-state index contributed by atoms with van der Waals surface area (Å²) < 4.78 is 20.4. The number of rotatable bonds is 5. The first-order chi connectivity index (χ1) is 13.4. The third-order valence-corrected chi connectivity index (χ3v) is 4.65. The first kappa shape index (κ1) is 19.4. The zero-order valence-corrected chi connectivity index (χ0v) is 15.7. The Hall–Kier alpha value is -3.33. The van der Waals surface area contributed by atoms with Crippen LogP contribution < -0.4 is 11.1 Å². The predicted octanol–water partition coefficient (Wildman–Crippen LogP) is 0.714. The largest absolute Gasteiger partial charge is 0.465 e. The fourth-order valence-corrected chi connectivity index (χ4v) is 3.54. The summed E-state index contributed by atoms with van der Waals surface area (Å²) in [7, 11) is 2.61. The molecule has 3 rings (SSSR count).